The molecular weight excluding hydrogens is 284 g/mol. The third-order valence-corrected chi connectivity index (χ3v) is 4.41. The Morgan fingerprint density at radius 1 is 1.05 bits per heavy atom. The third kappa shape index (κ3) is 2.31. The second kappa shape index (κ2) is 5.34. The molecule has 0 aliphatic carbocycles. The van der Waals surface area contributed by atoms with E-state index in [0.29, 0.717) is 0 Å². The van der Waals surface area contributed by atoms with Gasteiger partial charge in [0.05, 0.1) is 0 Å². The Kier molecular flexibility index (Phi) is 3.34. The quantitative estimate of drug-likeness (QED) is 0.874. The van der Waals surface area contributed by atoms with Crippen molar-refractivity contribution < 1.29 is 4.74 Å². The van der Waals surface area contributed by atoms with Crippen molar-refractivity contribution in [3.05, 3.63) is 53.1 Å². The molecule has 2 aliphatic heterocycles. The Labute approximate surface area is 129 Å². The highest BCUT2D eigenvalue weighted by atomic mass is 35.5. The minimum Gasteiger partial charge on any atom is -0.470 e. The number of ether oxygens (including phenoxy) is 1. The van der Waals surface area contributed by atoms with Gasteiger partial charge in [-0.3, -0.25) is 4.90 Å². The van der Waals surface area contributed by atoms with E-state index in [-0.39, 0.29) is 6.23 Å². The maximum Gasteiger partial charge on any atom is 0.179 e. The van der Waals surface area contributed by atoms with Gasteiger partial charge in [-0.25, -0.2) is 0 Å². The van der Waals surface area contributed by atoms with Crippen molar-refractivity contribution in [2.45, 2.75) is 6.23 Å². The first-order valence-electron chi connectivity index (χ1n) is 7.33. The first-order chi connectivity index (χ1) is 10.3. The Morgan fingerprint density at radius 2 is 1.86 bits per heavy atom. The lowest BCUT2D eigenvalue weighted by Crippen LogP contribution is -2.47. The molecule has 21 heavy (non-hydrogen) atoms. The molecular formula is C17H17ClN2O. The molecule has 4 heteroatoms. The van der Waals surface area contributed by atoms with E-state index < -0.39 is 0 Å². The number of hydrogen-bond donors (Lipinski definition) is 1. The van der Waals surface area contributed by atoms with Gasteiger partial charge in [0.25, 0.3) is 0 Å². The predicted molar refractivity (Wildman–Crippen MR) is 84.7 cm³/mol. The minimum atomic E-state index is -0.0456. The van der Waals surface area contributed by atoms with Gasteiger partial charge in [-0.05, 0) is 23.8 Å². The molecule has 0 spiro atoms. The van der Waals surface area contributed by atoms with E-state index >= 15 is 0 Å². The van der Waals surface area contributed by atoms with Crippen molar-refractivity contribution >= 4 is 11.6 Å². The molecule has 4 rings (SSSR count). The van der Waals surface area contributed by atoms with Gasteiger partial charge in [0, 0.05) is 42.3 Å². The first-order valence-corrected chi connectivity index (χ1v) is 7.71. The van der Waals surface area contributed by atoms with Gasteiger partial charge in [-0.15, -0.1) is 0 Å². The lowest BCUT2D eigenvalue weighted by Gasteiger charge is -2.38. The fraction of sp³-hybridized carbons (Fsp3) is 0.294. The number of piperazine rings is 1. The average Bonchev–Trinajstić information content (AvgIpc) is 2.54. The van der Waals surface area contributed by atoms with E-state index in [1.54, 1.807) is 0 Å². The molecule has 1 saturated heterocycles. The lowest BCUT2D eigenvalue weighted by atomic mass is 9.95. The molecule has 0 saturated carbocycles. The molecule has 0 aromatic heterocycles. The summed E-state index contributed by atoms with van der Waals surface area (Å²) in [4.78, 5) is 2.38. The molecule has 2 aromatic rings. The van der Waals surface area contributed by atoms with Crippen molar-refractivity contribution in [3.63, 3.8) is 0 Å². The molecule has 1 atom stereocenters. The Bertz CT molecular complexity index is 668. The van der Waals surface area contributed by atoms with Crippen LogP contribution in [0.25, 0.3) is 11.1 Å². The Hall–Kier alpha value is -1.55. The van der Waals surface area contributed by atoms with Crippen molar-refractivity contribution in [2.75, 3.05) is 26.2 Å². The van der Waals surface area contributed by atoms with Crippen LogP contribution in [0.1, 0.15) is 11.8 Å². The van der Waals surface area contributed by atoms with Gasteiger partial charge < -0.3 is 10.1 Å². The molecule has 0 amide bonds. The second-order valence-electron chi connectivity index (χ2n) is 5.48. The van der Waals surface area contributed by atoms with Crippen LogP contribution in [0.2, 0.25) is 5.02 Å². The van der Waals surface area contributed by atoms with Gasteiger partial charge in [0.15, 0.2) is 6.23 Å². The summed E-state index contributed by atoms with van der Waals surface area (Å²) >= 11 is 6.22. The van der Waals surface area contributed by atoms with Gasteiger partial charge in [-0.2, -0.15) is 0 Å². The number of hydrogen-bond acceptors (Lipinski definition) is 3. The number of para-hydroxylation sites is 1. The van der Waals surface area contributed by atoms with Crippen molar-refractivity contribution in [1.29, 1.82) is 0 Å². The molecule has 1 unspecified atom stereocenters. The van der Waals surface area contributed by atoms with Crippen LogP contribution in [0.4, 0.5) is 0 Å². The van der Waals surface area contributed by atoms with E-state index in [9.17, 15) is 0 Å². The van der Waals surface area contributed by atoms with Crippen LogP contribution < -0.4 is 10.1 Å². The van der Waals surface area contributed by atoms with Gasteiger partial charge >= 0.3 is 0 Å². The van der Waals surface area contributed by atoms with Gasteiger partial charge in [-0.1, -0.05) is 35.9 Å². The van der Waals surface area contributed by atoms with Crippen LogP contribution in [0.5, 0.6) is 5.75 Å². The number of fused-ring (bicyclic) bond motifs is 3. The van der Waals surface area contributed by atoms with Crippen LogP contribution in [-0.2, 0) is 0 Å². The molecule has 2 aromatic carbocycles. The maximum absolute atomic E-state index is 6.29. The third-order valence-electron chi connectivity index (χ3n) is 4.18. The second-order valence-corrected chi connectivity index (χ2v) is 5.92. The van der Waals surface area contributed by atoms with E-state index in [0.717, 1.165) is 42.5 Å². The lowest BCUT2D eigenvalue weighted by molar-refractivity contribution is 0.0135. The summed E-state index contributed by atoms with van der Waals surface area (Å²) in [5.74, 6) is 0.954. The normalized spacial score (nSPS) is 21.3. The summed E-state index contributed by atoms with van der Waals surface area (Å²) in [6.45, 7) is 3.96. The first kappa shape index (κ1) is 13.1. The number of halogens is 1. The van der Waals surface area contributed by atoms with Crippen molar-refractivity contribution in [1.82, 2.24) is 10.2 Å². The largest absolute Gasteiger partial charge is 0.470 e. The molecule has 0 bridgehead atoms. The topological polar surface area (TPSA) is 24.5 Å². The van der Waals surface area contributed by atoms with Gasteiger partial charge in [0.1, 0.15) is 5.75 Å². The SMILES string of the molecule is Clc1ccc2c(c1)C(N1CCNCC1)Oc1ccccc1-2. The number of nitrogens with one attached hydrogen (secondary N) is 1. The summed E-state index contributed by atoms with van der Waals surface area (Å²) in [6, 6.07) is 14.3. The Morgan fingerprint density at radius 3 is 2.71 bits per heavy atom. The zero-order valence-electron chi connectivity index (χ0n) is 11.7. The fourth-order valence-corrected chi connectivity index (χ4v) is 3.33. The summed E-state index contributed by atoms with van der Waals surface area (Å²) in [5.41, 5.74) is 3.54. The maximum atomic E-state index is 6.29. The monoisotopic (exact) mass is 300 g/mol. The molecule has 2 aliphatic rings. The highest BCUT2D eigenvalue weighted by molar-refractivity contribution is 6.30. The standard InChI is InChI=1S/C17H17ClN2O/c18-12-5-6-13-14-3-1-2-4-16(14)21-17(15(13)11-12)20-9-7-19-8-10-20/h1-6,11,17,19H,7-10H2. The molecule has 3 nitrogen and oxygen atoms in total. The zero-order chi connectivity index (χ0) is 14.2. The zero-order valence-corrected chi connectivity index (χ0v) is 12.4. The highest BCUT2D eigenvalue weighted by Gasteiger charge is 2.31. The highest BCUT2D eigenvalue weighted by Crippen LogP contribution is 2.44. The number of benzene rings is 2. The van der Waals surface area contributed by atoms with E-state index in [1.165, 1.54) is 11.1 Å². The van der Waals surface area contributed by atoms with Crippen LogP contribution in [0, 0.1) is 0 Å². The van der Waals surface area contributed by atoms with Crippen LogP contribution in [-0.4, -0.2) is 31.1 Å². The smallest absolute Gasteiger partial charge is 0.179 e. The van der Waals surface area contributed by atoms with E-state index in [1.807, 2.05) is 30.3 Å². The van der Waals surface area contributed by atoms with Gasteiger partial charge in [0.2, 0.25) is 0 Å². The van der Waals surface area contributed by atoms with Crippen LogP contribution in [0.3, 0.4) is 0 Å². The van der Waals surface area contributed by atoms with Crippen LogP contribution in [0.15, 0.2) is 42.5 Å². The number of nitrogens with zero attached hydrogens (tertiary/aromatic N) is 1. The molecule has 0 radical (unpaired) electrons. The summed E-state index contributed by atoms with van der Waals surface area (Å²) in [5, 5.41) is 4.15. The summed E-state index contributed by atoms with van der Waals surface area (Å²) in [6.07, 6.45) is -0.0456. The Balaban J connectivity index is 1.82. The number of rotatable bonds is 1. The fourth-order valence-electron chi connectivity index (χ4n) is 3.15. The predicted octanol–water partition coefficient (Wildman–Crippen LogP) is 3.30. The molecule has 108 valence electrons. The average molecular weight is 301 g/mol. The van der Waals surface area contributed by atoms with E-state index in [4.69, 9.17) is 16.3 Å². The van der Waals surface area contributed by atoms with Crippen molar-refractivity contribution in [2.24, 2.45) is 0 Å². The molecule has 1 N–H and O–H groups in total. The molecule has 2 heterocycles. The summed E-state index contributed by atoms with van der Waals surface area (Å²) < 4.78 is 6.29. The molecule has 1 fully saturated rings. The van der Waals surface area contributed by atoms with Crippen molar-refractivity contribution in [3.8, 4) is 16.9 Å². The van der Waals surface area contributed by atoms with Crippen LogP contribution >= 0.6 is 11.6 Å². The minimum absolute atomic E-state index is 0.0456. The van der Waals surface area contributed by atoms with E-state index in [2.05, 4.69) is 22.3 Å². The summed E-state index contributed by atoms with van der Waals surface area (Å²) in [7, 11) is 0.